The molecule has 126 valence electrons. The molecule has 0 saturated heterocycles. The molecule has 0 spiro atoms. The number of carbonyl (C=O) groups is 1. The van der Waals surface area contributed by atoms with E-state index in [9.17, 15) is 14.9 Å². The summed E-state index contributed by atoms with van der Waals surface area (Å²) in [5, 5.41) is 20.6. The van der Waals surface area contributed by atoms with Crippen LogP contribution in [-0.4, -0.2) is 39.0 Å². The van der Waals surface area contributed by atoms with E-state index in [0.29, 0.717) is 12.2 Å². The third-order valence-electron chi connectivity index (χ3n) is 3.97. The Hall–Kier alpha value is -2.45. The first-order chi connectivity index (χ1) is 11.4. The van der Waals surface area contributed by atoms with Gasteiger partial charge in [-0.1, -0.05) is 18.5 Å². The van der Waals surface area contributed by atoms with Gasteiger partial charge < -0.3 is 5.32 Å². The standard InChI is InChI=1S/C15H16ClN5O3/c1-9-6-20(7-10-5-17-19-15(9)10)8-14(22)18-13-3-2-11(21(23)24)4-12(13)16/h2-5,9H,6-8H2,1H3,(H,17,19)(H,18,22). The SMILES string of the molecule is CC1CN(CC(=O)Nc2ccc([N+](=O)[O-])cc2Cl)Cc2cn[nH]c21. The van der Waals surface area contributed by atoms with Gasteiger partial charge in [-0.05, 0) is 6.07 Å². The molecule has 1 aliphatic rings. The van der Waals surface area contributed by atoms with Crippen LogP contribution in [0.3, 0.4) is 0 Å². The van der Waals surface area contributed by atoms with Crippen LogP contribution in [0.1, 0.15) is 24.1 Å². The van der Waals surface area contributed by atoms with Gasteiger partial charge in [-0.25, -0.2) is 0 Å². The number of amides is 1. The molecule has 2 N–H and O–H groups in total. The molecular formula is C15H16ClN5O3. The Kier molecular flexibility index (Phi) is 4.50. The van der Waals surface area contributed by atoms with E-state index in [1.165, 1.54) is 18.2 Å². The van der Waals surface area contributed by atoms with Crippen LogP contribution in [0.25, 0.3) is 0 Å². The van der Waals surface area contributed by atoms with Crippen LogP contribution in [0, 0.1) is 10.1 Å². The highest BCUT2D eigenvalue weighted by Crippen LogP contribution is 2.28. The molecule has 8 nitrogen and oxygen atoms in total. The van der Waals surface area contributed by atoms with Gasteiger partial charge >= 0.3 is 0 Å². The molecule has 9 heteroatoms. The summed E-state index contributed by atoms with van der Waals surface area (Å²) in [6.45, 7) is 3.69. The van der Waals surface area contributed by atoms with Crippen molar-refractivity contribution in [1.82, 2.24) is 15.1 Å². The van der Waals surface area contributed by atoms with E-state index in [0.717, 1.165) is 17.8 Å². The van der Waals surface area contributed by atoms with E-state index in [1.54, 1.807) is 6.20 Å². The molecule has 0 fully saturated rings. The Balaban J connectivity index is 1.63. The van der Waals surface area contributed by atoms with Gasteiger partial charge in [0.15, 0.2) is 0 Å². The number of nitrogens with zero attached hydrogens (tertiary/aromatic N) is 3. The number of carbonyl (C=O) groups excluding carboxylic acids is 1. The zero-order valence-corrected chi connectivity index (χ0v) is 13.7. The summed E-state index contributed by atoms with van der Waals surface area (Å²) in [6.07, 6.45) is 1.78. The average molecular weight is 350 g/mol. The normalized spacial score (nSPS) is 17.3. The molecule has 24 heavy (non-hydrogen) atoms. The molecule has 1 amide bonds. The minimum atomic E-state index is -0.533. The quantitative estimate of drug-likeness (QED) is 0.652. The van der Waals surface area contributed by atoms with Crippen molar-refractivity contribution in [2.45, 2.75) is 19.4 Å². The van der Waals surface area contributed by atoms with Gasteiger partial charge in [-0.15, -0.1) is 0 Å². The van der Waals surface area contributed by atoms with Crippen molar-refractivity contribution in [3.05, 3.63) is 50.8 Å². The summed E-state index contributed by atoms with van der Waals surface area (Å²) in [5.41, 5.74) is 2.46. The Bertz CT molecular complexity index is 791. The van der Waals surface area contributed by atoms with Crippen LogP contribution in [0.4, 0.5) is 11.4 Å². The Morgan fingerprint density at radius 1 is 1.58 bits per heavy atom. The van der Waals surface area contributed by atoms with Gasteiger partial charge in [-0.3, -0.25) is 24.9 Å². The lowest BCUT2D eigenvalue weighted by Gasteiger charge is -2.29. The second-order valence-electron chi connectivity index (χ2n) is 5.85. The number of nitro groups is 1. The van der Waals surface area contributed by atoms with Crippen molar-refractivity contribution in [2.24, 2.45) is 0 Å². The Labute approximate surface area is 142 Å². The summed E-state index contributed by atoms with van der Waals surface area (Å²) >= 11 is 5.99. The van der Waals surface area contributed by atoms with Crippen LogP contribution in [0.15, 0.2) is 24.4 Å². The predicted molar refractivity (Wildman–Crippen MR) is 89.0 cm³/mol. The molecule has 1 aromatic heterocycles. The number of non-ortho nitro benzene ring substituents is 1. The van der Waals surface area contributed by atoms with Crippen molar-refractivity contribution in [3.63, 3.8) is 0 Å². The molecule has 1 aliphatic heterocycles. The van der Waals surface area contributed by atoms with Gasteiger partial charge in [-0.2, -0.15) is 5.10 Å². The van der Waals surface area contributed by atoms with Crippen LogP contribution < -0.4 is 5.32 Å². The molecule has 0 saturated carbocycles. The summed E-state index contributed by atoms with van der Waals surface area (Å²) in [6, 6.07) is 3.96. The summed E-state index contributed by atoms with van der Waals surface area (Å²) in [4.78, 5) is 24.4. The monoisotopic (exact) mass is 349 g/mol. The summed E-state index contributed by atoms with van der Waals surface area (Å²) in [7, 11) is 0. The molecule has 2 heterocycles. The van der Waals surface area contributed by atoms with E-state index in [-0.39, 0.29) is 29.1 Å². The summed E-state index contributed by atoms with van der Waals surface area (Å²) < 4.78 is 0. The molecule has 0 radical (unpaired) electrons. The molecular weight excluding hydrogens is 334 g/mol. The van der Waals surface area contributed by atoms with Gasteiger partial charge in [0.1, 0.15) is 0 Å². The number of anilines is 1. The van der Waals surface area contributed by atoms with Crippen molar-refractivity contribution in [3.8, 4) is 0 Å². The minimum Gasteiger partial charge on any atom is -0.324 e. The number of aromatic amines is 1. The number of hydrogen-bond donors (Lipinski definition) is 2. The van der Waals surface area contributed by atoms with Gasteiger partial charge in [0.05, 0.1) is 28.4 Å². The molecule has 1 atom stereocenters. The highest BCUT2D eigenvalue weighted by atomic mass is 35.5. The lowest BCUT2D eigenvalue weighted by Crippen LogP contribution is -2.38. The van der Waals surface area contributed by atoms with Crippen molar-refractivity contribution in [2.75, 3.05) is 18.4 Å². The number of nitro benzene ring substituents is 1. The second kappa shape index (κ2) is 6.58. The van der Waals surface area contributed by atoms with E-state index in [2.05, 4.69) is 22.4 Å². The fraction of sp³-hybridized carbons (Fsp3) is 0.333. The first-order valence-electron chi connectivity index (χ1n) is 7.42. The van der Waals surface area contributed by atoms with Gasteiger partial charge in [0.25, 0.3) is 5.69 Å². The van der Waals surface area contributed by atoms with Gasteiger partial charge in [0, 0.05) is 42.4 Å². The lowest BCUT2D eigenvalue weighted by atomic mass is 9.98. The minimum absolute atomic E-state index is 0.115. The molecule has 2 aromatic rings. The van der Waals surface area contributed by atoms with E-state index in [4.69, 9.17) is 11.6 Å². The number of nitrogens with one attached hydrogen (secondary N) is 2. The first kappa shape index (κ1) is 16.4. The number of fused-ring (bicyclic) bond motifs is 1. The van der Waals surface area contributed by atoms with Crippen LogP contribution in [0.2, 0.25) is 5.02 Å². The first-order valence-corrected chi connectivity index (χ1v) is 7.80. The average Bonchev–Trinajstić information content (AvgIpc) is 2.98. The number of H-pyrrole nitrogens is 1. The maximum atomic E-state index is 12.2. The highest BCUT2D eigenvalue weighted by molar-refractivity contribution is 6.34. The third kappa shape index (κ3) is 3.39. The zero-order valence-electron chi connectivity index (χ0n) is 13.0. The maximum Gasteiger partial charge on any atom is 0.271 e. The van der Waals surface area contributed by atoms with E-state index in [1.807, 2.05) is 4.90 Å². The fourth-order valence-electron chi connectivity index (χ4n) is 2.89. The molecule has 1 unspecified atom stereocenters. The highest BCUT2D eigenvalue weighted by Gasteiger charge is 2.25. The van der Waals surface area contributed by atoms with Gasteiger partial charge in [0.2, 0.25) is 5.91 Å². The second-order valence-corrected chi connectivity index (χ2v) is 6.26. The number of halogens is 1. The van der Waals surface area contributed by atoms with Crippen LogP contribution >= 0.6 is 11.6 Å². The van der Waals surface area contributed by atoms with Crippen LogP contribution in [0.5, 0.6) is 0 Å². The van der Waals surface area contributed by atoms with Crippen molar-refractivity contribution in [1.29, 1.82) is 0 Å². The predicted octanol–water partition coefficient (Wildman–Crippen LogP) is 2.53. The molecule has 0 bridgehead atoms. The Morgan fingerprint density at radius 3 is 3.08 bits per heavy atom. The van der Waals surface area contributed by atoms with Crippen molar-refractivity contribution >= 4 is 28.9 Å². The number of aromatic nitrogens is 2. The number of benzene rings is 1. The van der Waals surface area contributed by atoms with E-state index >= 15 is 0 Å². The number of rotatable bonds is 4. The third-order valence-corrected chi connectivity index (χ3v) is 4.29. The molecule has 3 rings (SSSR count). The smallest absolute Gasteiger partial charge is 0.271 e. The summed E-state index contributed by atoms with van der Waals surface area (Å²) in [5.74, 6) is 0.0527. The molecule has 0 aliphatic carbocycles. The lowest BCUT2D eigenvalue weighted by molar-refractivity contribution is -0.384. The topological polar surface area (TPSA) is 104 Å². The number of hydrogen-bond acceptors (Lipinski definition) is 5. The van der Waals surface area contributed by atoms with Crippen molar-refractivity contribution < 1.29 is 9.72 Å². The fourth-order valence-corrected chi connectivity index (χ4v) is 3.11. The maximum absolute atomic E-state index is 12.2. The van der Waals surface area contributed by atoms with Crippen LogP contribution in [-0.2, 0) is 11.3 Å². The van der Waals surface area contributed by atoms with E-state index < -0.39 is 4.92 Å². The molecule has 1 aromatic carbocycles. The Morgan fingerprint density at radius 2 is 2.38 bits per heavy atom. The largest absolute Gasteiger partial charge is 0.324 e. The zero-order chi connectivity index (χ0) is 17.3.